The predicted octanol–water partition coefficient (Wildman–Crippen LogP) is 3.47. The zero-order valence-corrected chi connectivity index (χ0v) is 14.0. The Bertz CT molecular complexity index is 679. The summed E-state index contributed by atoms with van der Waals surface area (Å²) in [6.07, 6.45) is 2.74. The minimum Gasteiger partial charge on any atom is -0.465 e. The molecule has 0 aliphatic carbocycles. The average Bonchev–Trinajstić information content (AvgIpc) is 3.03. The highest BCUT2D eigenvalue weighted by Gasteiger charge is 2.21. The van der Waals surface area contributed by atoms with Gasteiger partial charge in [0, 0.05) is 17.1 Å². The summed E-state index contributed by atoms with van der Waals surface area (Å²) in [6, 6.07) is 7.48. The number of amides is 1. The molecule has 1 saturated heterocycles. The quantitative estimate of drug-likeness (QED) is 0.864. The Morgan fingerprint density at radius 3 is 2.71 bits per heavy atom. The van der Waals surface area contributed by atoms with E-state index in [1.807, 2.05) is 24.3 Å². The molecule has 24 heavy (non-hydrogen) atoms. The standard InChI is InChI=1S/C17H20ClN3O3/c18-14-3-1-13(2-4-14)15-10-19-16(24-15)11-21-7-5-12(6-8-21)9-20-17(22)23/h1-4,10,12,20H,5-9,11H2,(H,22,23). The van der Waals surface area contributed by atoms with Crippen LogP contribution in [-0.4, -0.2) is 40.7 Å². The van der Waals surface area contributed by atoms with Crippen molar-refractivity contribution in [3.05, 3.63) is 41.4 Å². The zero-order valence-electron chi connectivity index (χ0n) is 13.2. The van der Waals surface area contributed by atoms with E-state index in [2.05, 4.69) is 15.2 Å². The van der Waals surface area contributed by atoms with E-state index in [-0.39, 0.29) is 0 Å². The van der Waals surface area contributed by atoms with Crippen LogP contribution in [0.5, 0.6) is 0 Å². The summed E-state index contributed by atoms with van der Waals surface area (Å²) < 4.78 is 5.83. The molecule has 1 aliphatic rings. The zero-order chi connectivity index (χ0) is 16.9. The van der Waals surface area contributed by atoms with E-state index in [1.165, 1.54) is 0 Å². The van der Waals surface area contributed by atoms with Crippen LogP contribution in [0.15, 0.2) is 34.9 Å². The van der Waals surface area contributed by atoms with E-state index in [0.29, 0.717) is 29.9 Å². The fourth-order valence-electron chi connectivity index (χ4n) is 2.90. The minimum atomic E-state index is -0.952. The van der Waals surface area contributed by atoms with Crippen molar-refractivity contribution in [3.63, 3.8) is 0 Å². The van der Waals surface area contributed by atoms with Crippen molar-refractivity contribution in [1.29, 1.82) is 0 Å². The van der Waals surface area contributed by atoms with E-state index in [0.717, 1.165) is 37.3 Å². The molecule has 2 heterocycles. The maximum atomic E-state index is 10.5. The van der Waals surface area contributed by atoms with Gasteiger partial charge in [0.05, 0.1) is 12.7 Å². The van der Waals surface area contributed by atoms with Gasteiger partial charge in [0.15, 0.2) is 5.76 Å². The Balaban J connectivity index is 1.51. The first-order valence-corrected chi connectivity index (χ1v) is 8.38. The van der Waals surface area contributed by atoms with Gasteiger partial charge in [-0.2, -0.15) is 0 Å². The molecule has 6 nitrogen and oxygen atoms in total. The van der Waals surface area contributed by atoms with E-state index < -0.39 is 6.09 Å². The van der Waals surface area contributed by atoms with Crippen LogP contribution in [0.25, 0.3) is 11.3 Å². The number of benzene rings is 1. The number of carboxylic acid groups (broad SMARTS) is 1. The van der Waals surface area contributed by atoms with Crippen LogP contribution in [0, 0.1) is 5.92 Å². The molecule has 7 heteroatoms. The van der Waals surface area contributed by atoms with Gasteiger partial charge < -0.3 is 14.8 Å². The van der Waals surface area contributed by atoms with Gasteiger partial charge >= 0.3 is 6.09 Å². The van der Waals surface area contributed by atoms with Crippen molar-refractivity contribution >= 4 is 17.7 Å². The maximum absolute atomic E-state index is 10.5. The Labute approximate surface area is 145 Å². The minimum absolute atomic E-state index is 0.409. The summed E-state index contributed by atoms with van der Waals surface area (Å²) in [7, 11) is 0. The number of hydrogen-bond donors (Lipinski definition) is 2. The number of piperidine rings is 1. The molecule has 128 valence electrons. The van der Waals surface area contributed by atoms with E-state index in [1.54, 1.807) is 6.20 Å². The second kappa shape index (κ2) is 7.68. The number of rotatable bonds is 5. The van der Waals surface area contributed by atoms with Gasteiger partial charge in [-0.1, -0.05) is 11.6 Å². The number of aromatic nitrogens is 1. The lowest BCUT2D eigenvalue weighted by molar-refractivity contribution is 0.157. The van der Waals surface area contributed by atoms with Crippen molar-refractivity contribution in [2.24, 2.45) is 5.92 Å². The third-order valence-corrected chi connectivity index (χ3v) is 4.54. The second-order valence-corrected chi connectivity index (χ2v) is 6.47. The first-order valence-electron chi connectivity index (χ1n) is 8.00. The Morgan fingerprint density at radius 2 is 2.04 bits per heavy atom. The van der Waals surface area contributed by atoms with Gasteiger partial charge in [0.2, 0.25) is 5.89 Å². The van der Waals surface area contributed by atoms with Crippen molar-refractivity contribution < 1.29 is 14.3 Å². The van der Waals surface area contributed by atoms with Gasteiger partial charge in [-0.05, 0) is 56.1 Å². The molecule has 2 N–H and O–H groups in total. The highest BCUT2D eigenvalue weighted by atomic mass is 35.5. The molecular formula is C17H20ClN3O3. The number of likely N-dealkylation sites (tertiary alicyclic amines) is 1. The van der Waals surface area contributed by atoms with Crippen LogP contribution in [0.1, 0.15) is 18.7 Å². The third-order valence-electron chi connectivity index (χ3n) is 4.29. The van der Waals surface area contributed by atoms with Gasteiger partial charge in [-0.15, -0.1) is 0 Å². The van der Waals surface area contributed by atoms with Gasteiger partial charge in [0.25, 0.3) is 0 Å². The fourth-order valence-corrected chi connectivity index (χ4v) is 3.03. The van der Waals surface area contributed by atoms with Crippen molar-refractivity contribution in [2.75, 3.05) is 19.6 Å². The number of nitrogens with one attached hydrogen (secondary N) is 1. The molecule has 0 saturated carbocycles. The largest absolute Gasteiger partial charge is 0.465 e. The molecule has 1 aromatic carbocycles. The third kappa shape index (κ3) is 4.49. The van der Waals surface area contributed by atoms with E-state index >= 15 is 0 Å². The average molecular weight is 350 g/mol. The van der Waals surface area contributed by atoms with Crippen LogP contribution in [-0.2, 0) is 6.54 Å². The summed E-state index contributed by atoms with van der Waals surface area (Å²) >= 11 is 5.89. The first-order chi connectivity index (χ1) is 11.6. The summed E-state index contributed by atoms with van der Waals surface area (Å²) in [4.78, 5) is 17.2. The van der Waals surface area contributed by atoms with Crippen LogP contribution in [0.3, 0.4) is 0 Å². The summed E-state index contributed by atoms with van der Waals surface area (Å²) in [5.74, 6) is 1.84. The molecule has 3 rings (SSSR count). The highest BCUT2D eigenvalue weighted by Crippen LogP contribution is 2.24. The molecule has 1 fully saturated rings. The lowest BCUT2D eigenvalue weighted by Gasteiger charge is -2.30. The molecule has 0 spiro atoms. The molecular weight excluding hydrogens is 330 g/mol. The van der Waals surface area contributed by atoms with Crippen molar-refractivity contribution in [3.8, 4) is 11.3 Å². The van der Waals surface area contributed by atoms with Crippen LogP contribution >= 0.6 is 11.6 Å². The topological polar surface area (TPSA) is 78.6 Å². The number of nitrogens with zero attached hydrogens (tertiary/aromatic N) is 2. The molecule has 1 aliphatic heterocycles. The summed E-state index contributed by atoms with van der Waals surface area (Å²) in [6.45, 7) is 3.05. The molecule has 0 unspecified atom stereocenters. The first kappa shape index (κ1) is 16.8. The predicted molar refractivity (Wildman–Crippen MR) is 91.0 cm³/mol. The second-order valence-electron chi connectivity index (χ2n) is 6.03. The van der Waals surface area contributed by atoms with Gasteiger partial charge in [-0.3, -0.25) is 4.90 Å². The lowest BCUT2D eigenvalue weighted by atomic mass is 9.97. The molecule has 0 atom stereocenters. The molecule has 0 bridgehead atoms. The van der Waals surface area contributed by atoms with Crippen LogP contribution < -0.4 is 5.32 Å². The normalized spacial score (nSPS) is 16.2. The SMILES string of the molecule is O=C(O)NCC1CCN(Cc2ncc(-c3ccc(Cl)cc3)o2)CC1. The Hall–Kier alpha value is -2.05. The van der Waals surface area contributed by atoms with Gasteiger partial charge in [-0.25, -0.2) is 9.78 Å². The number of oxazole rings is 1. The highest BCUT2D eigenvalue weighted by molar-refractivity contribution is 6.30. The summed E-state index contributed by atoms with van der Waals surface area (Å²) in [5.41, 5.74) is 0.955. The van der Waals surface area contributed by atoms with Crippen LogP contribution in [0.4, 0.5) is 4.79 Å². The lowest BCUT2D eigenvalue weighted by Crippen LogP contribution is -2.38. The van der Waals surface area contributed by atoms with Gasteiger partial charge in [0.1, 0.15) is 0 Å². The Kier molecular flexibility index (Phi) is 5.37. The molecule has 1 amide bonds. The van der Waals surface area contributed by atoms with Crippen molar-refractivity contribution in [2.45, 2.75) is 19.4 Å². The monoisotopic (exact) mass is 349 g/mol. The molecule has 2 aromatic rings. The van der Waals surface area contributed by atoms with Crippen molar-refractivity contribution in [1.82, 2.24) is 15.2 Å². The summed E-state index contributed by atoms with van der Waals surface area (Å²) in [5, 5.41) is 11.8. The van der Waals surface area contributed by atoms with E-state index in [9.17, 15) is 4.79 Å². The fraction of sp³-hybridized carbons (Fsp3) is 0.412. The maximum Gasteiger partial charge on any atom is 0.404 e. The molecule has 0 radical (unpaired) electrons. The Morgan fingerprint density at radius 1 is 1.33 bits per heavy atom. The van der Waals surface area contributed by atoms with E-state index in [4.69, 9.17) is 21.1 Å². The number of hydrogen-bond acceptors (Lipinski definition) is 4. The smallest absolute Gasteiger partial charge is 0.404 e. The molecule has 1 aromatic heterocycles. The van der Waals surface area contributed by atoms with Crippen LogP contribution in [0.2, 0.25) is 5.02 Å². The number of halogens is 1. The number of carbonyl (C=O) groups is 1.